The zero-order valence-electron chi connectivity index (χ0n) is 50.9. The van der Waals surface area contributed by atoms with Crippen LogP contribution >= 0.6 is 0 Å². The summed E-state index contributed by atoms with van der Waals surface area (Å²) in [5.41, 5.74) is 0. The van der Waals surface area contributed by atoms with Gasteiger partial charge in [0.2, 0.25) is 0 Å². The second-order valence-corrected chi connectivity index (χ2v) is 22.7. The van der Waals surface area contributed by atoms with Crippen LogP contribution in [0.15, 0.2) is 72.9 Å². The third-order valence-corrected chi connectivity index (χ3v) is 13.9. The summed E-state index contributed by atoms with van der Waals surface area (Å²) in [4.78, 5) is 37.4. The Labute approximate surface area is 475 Å². The van der Waals surface area contributed by atoms with Gasteiger partial charge in [-0.05, 0) is 83.5 Å². The Morgan fingerprint density at radius 1 is 0.403 bits per heavy atom. The molecule has 0 aromatic heterocycles. The van der Waals surface area contributed by atoms with Gasteiger partial charge in [0.1, 0.15) is 13.2 Å². The van der Waals surface area contributed by atoms with Crippen LogP contribution in [0, 0.1) is 0 Å². The molecule has 0 aromatic carbocycles. The molecule has 2 atom stereocenters. The number of esters is 2. The normalized spacial score (nSPS) is 13.2. The summed E-state index contributed by atoms with van der Waals surface area (Å²) in [5.74, 6) is -2.04. The average molecular weight is 1080 g/mol. The number of ether oxygens (including phenoxy) is 4. The van der Waals surface area contributed by atoms with Crippen LogP contribution in [0.2, 0.25) is 0 Å². The van der Waals surface area contributed by atoms with Crippen LogP contribution < -0.4 is 0 Å². The van der Waals surface area contributed by atoms with Crippen molar-refractivity contribution < 1.29 is 42.9 Å². The lowest BCUT2D eigenvalue weighted by molar-refractivity contribution is -0.870. The predicted octanol–water partition coefficient (Wildman–Crippen LogP) is 19.4. The number of hydrogen-bond acceptors (Lipinski definition) is 7. The van der Waals surface area contributed by atoms with Crippen molar-refractivity contribution >= 4 is 17.9 Å². The predicted molar refractivity (Wildman–Crippen MR) is 327 cm³/mol. The van der Waals surface area contributed by atoms with Gasteiger partial charge in [-0.25, -0.2) is 4.79 Å². The van der Waals surface area contributed by atoms with Crippen molar-refractivity contribution in [2.75, 3.05) is 47.5 Å². The first-order chi connectivity index (χ1) is 37.6. The Balaban J connectivity index is 3.96. The van der Waals surface area contributed by atoms with E-state index in [9.17, 15) is 19.5 Å². The highest BCUT2D eigenvalue weighted by Gasteiger charge is 2.25. The minimum atomic E-state index is -1.52. The summed E-state index contributed by atoms with van der Waals surface area (Å²) in [6.07, 6.45) is 74.6. The van der Waals surface area contributed by atoms with Crippen molar-refractivity contribution in [1.29, 1.82) is 0 Å². The number of carboxylic acid groups (broad SMARTS) is 1. The maximum Gasteiger partial charge on any atom is 0.361 e. The lowest BCUT2D eigenvalue weighted by Crippen LogP contribution is -2.40. The summed E-state index contributed by atoms with van der Waals surface area (Å²) in [6, 6.07) is 0. The first kappa shape index (κ1) is 73.7. The monoisotopic (exact) mass is 1080 g/mol. The van der Waals surface area contributed by atoms with Crippen LogP contribution in [0.5, 0.6) is 0 Å². The maximum atomic E-state index is 12.9. The van der Waals surface area contributed by atoms with Gasteiger partial charge in [0.05, 0.1) is 34.4 Å². The minimum absolute atomic E-state index is 0.182. The average Bonchev–Trinajstić information content (AvgIpc) is 3.40. The zero-order valence-corrected chi connectivity index (χ0v) is 50.9. The van der Waals surface area contributed by atoms with Crippen molar-refractivity contribution in [3.05, 3.63) is 72.9 Å². The zero-order chi connectivity index (χ0) is 56.2. The van der Waals surface area contributed by atoms with Gasteiger partial charge in [0.25, 0.3) is 6.29 Å². The molecular weight excluding hydrogens is 959 g/mol. The van der Waals surface area contributed by atoms with E-state index in [1.807, 2.05) is 21.1 Å². The third kappa shape index (κ3) is 60.2. The van der Waals surface area contributed by atoms with Crippen molar-refractivity contribution in [3.8, 4) is 0 Å². The molecule has 446 valence electrons. The first-order valence-electron chi connectivity index (χ1n) is 32.1. The number of carboxylic acids is 1. The van der Waals surface area contributed by atoms with Gasteiger partial charge in [0, 0.05) is 12.8 Å². The maximum absolute atomic E-state index is 12.9. The number of rotatable bonds is 59. The minimum Gasteiger partial charge on any atom is -0.477 e. The fraction of sp³-hybridized carbons (Fsp3) is 0.779. The highest BCUT2D eigenvalue weighted by molar-refractivity contribution is 5.71. The molecule has 0 saturated carbocycles. The standard InChI is InChI=1S/C68H121NO8/c1-6-8-10-12-14-16-18-20-21-22-23-24-25-26-27-28-29-30-31-32-33-34-35-36-37-38-39-40-41-42-43-44-45-47-49-51-53-55-57-59-66(71)77-64(63-76-68(67(72)73)74-61-60-69(3,4)5)62-75-65(70)58-56-54-52-50-48-46-19-17-15-13-11-9-7-2/h9,11,15,17-18,20,22-23,25-26,46,48,64,68H,6-8,10,12-14,16,19,21,24,27-45,47,49-63H2,1-5H3/p+1/b11-9-,17-15-,20-18-,23-22-,26-25-,48-46-. The van der Waals surface area contributed by atoms with Crippen LogP contribution in [0.1, 0.15) is 284 Å². The Hall–Kier alpha value is -3.27. The van der Waals surface area contributed by atoms with E-state index in [2.05, 4.69) is 86.8 Å². The van der Waals surface area contributed by atoms with Crippen LogP contribution in [0.25, 0.3) is 0 Å². The van der Waals surface area contributed by atoms with E-state index >= 15 is 0 Å². The first-order valence-corrected chi connectivity index (χ1v) is 32.1. The molecule has 0 bridgehead atoms. The molecule has 0 aromatic rings. The number of allylic oxidation sites excluding steroid dienone is 12. The molecule has 0 rings (SSSR count). The van der Waals surface area contributed by atoms with Gasteiger partial charge in [-0.1, -0.05) is 260 Å². The van der Waals surface area contributed by atoms with E-state index in [-0.39, 0.29) is 38.6 Å². The van der Waals surface area contributed by atoms with Crippen molar-refractivity contribution in [1.82, 2.24) is 0 Å². The van der Waals surface area contributed by atoms with Gasteiger partial charge < -0.3 is 28.5 Å². The number of quaternary nitrogens is 1. The lowest BCUT2D eigenvalue weighted by atomic mass is 10.0. The van der Waals surface area contributed by atoms with E-state index in [1.165, 1.54) is 180 Å². The van der Waals surface area contributed by atoms with E-state index in [1.54, 1.807) is 0 Å². The molecule has 0 fully saturated rings. The molecule has 9 nitrogen and oxygen atoms in total. The summed E-state index contributed by atoms with van der Waals surface area (Å²) < 4.78 is 22.8. The number of unbranched alkanes of at least 4 members (excludes halogenated alkanes) is 32. The second kappa shape index (κ2) is 58.9. The third-order valence-electron chi connectivity index (χ3n) is 13.9. The quantitative estimate of drug-likeness (QED) is 0.0211. The SMILES string of the molecule is CC/C=C\C/C=C\C/C=C\CCCCCC(=O)OCC(COC(OCC[N+](C)(C)C)C(=O)O)OC(=O)CCCCCCCCCCCCCCCCCCCCCCCCCC/C=C\C/C=C\C/C=C\CCCCCCC. The van der Waals surface area contributed by atoms with Gasteiger partial charge in [-0.2, -0.15) is 0 Å². The van der Waals surface area contributed by atoms with E-state index < -0.39 is 24.3 Å². The fourth-order valence-corrected chi connectivity index (χ4v) is 9.04. The van der Waals surface area contributed by atoms with Gasteiger partial charge in [-0.3, -0.25) is 9.59 Å². The summed E-state index contributed by atoms with van der Waals surface area (Å²) in [7, 11) is 5.96. The molecule has 0 amide bonds. The summed E-state index contributed by atoms with van der Waals surface area (Å²) >= 11 is 0. The van der Waals surface area contributed by atoms with Gasteiger partial charge in [0.15, 0.2) is 6.10 Å². The molecule has 0 spiro atoms. The highest BCUT2D eigenvalue weighted by Crippen LogP contribution is 2.17. The van der Waals surface area contributed by atoms with Crippen molar-refractivity contribution in [3.63, 3.8) is 0 Å². The summed E-state index contributed by atoms with van der Waals surface area (Å²) in [6.45, 7) is 4.73. The Bertz CT molecular complexity index is 1490. The molecule has 0 aliphatic heterocycles. The topological polar surface area (TPSA) is 108 Å². The second-order valence-electron chi connectivity index (χ2n) is 22.7. The van der Waals surface area contributed by atoms with E-state index in [0.29, 0.717) is 17.4 Å². The van der Waals surface area contributed by atoms with Gasteiger partial charge in [-0.15, -0.1) is 0 Å². The Kier molecular flexibility index (Phi) is 56.4. The molecule has 77 heavy (non-hydrogen) atoms. The lowest BCUT2D eigenvalue weighted by Gasteiger charge is -2.25. The number of carbonyl (C=O) groups excluding carboxylic acids is 2. The molecule has 0 aliphatic rings. The number of nitrogens with zero attached hydrogens (tertiary/aromatic N) is 1. The van der Waals surface area contributed by atoms with Crippen molar-refractivity contribution in [2.24, 2.45) is 0 Å². The molecule has 0 radical (unpaired) electrons. The largest absolute Gasteiger partial charge is 0.477 e. The Morgan fingerprint density at radius 3 is 1.12 bits per heavy atom. The van der Waals surface area contributed by atoms with E-state index in [0.717, 1.165) is 70.6 Å². The van der Waals surface area contributed by atoms with E-state index in [4.69, 9.17) is 18.9 Å². The van der Waals surface area contributed by atoms with Crippen LogP contribution in [-0.2, 0) is 33.3 Å². The number of carbonyl (C=O) groups is 3. The fourth-order valence-electron chi connectivity index (χ4n) is 9.04. The smallest absolute Gasteiger partial charge is 0.361 e. The van der Waals surface area contributed by atoms with Crippen molar-refractivity contribution in [2.45, 2.75) is 296 Å². The van der Waals surface area contributed by atoms with Crippen LogP contribution in [-0.4, -0.2) is 87.4 Å². The molecule has 0 heterocycles. The van der Waals surface area contributed by atoms with Crippen LogP contribution in [0.3, 0.4) is 0 Å². The molecular formula is C68H122NO8+. The number of aliphatic carboxylic acids is 1. The molecule has 2 unspecified atom stereocenters. The molecule has 0 saturated heterocycles. The number of hydrogen-bond donors (Lipinski definition) is 1. The Morgan fingerprint density at radius 2 is 0.740 bits per heavy atom. The molecule has 0 aliphatic carbocycles. The number of likely N-dealkylation sites (N-methyl/N-ethyl adjacent to an activating group) is 1. The molecule has 1 N–H and O–H groups in total. The molecule has 9 heteroatoms. The van der Waals surface area contributed by atoms with Crippen LogP contribution in [0.4, 0.5) is 0 Å². The summed E-state index contributed by atoms with van der Waals surface area (Å²) in [5, 5.41) is 9.69. The van der Waals surface area contributed by atoms with Gasteiger partial charge >= 0.3 is 17.9 Å². The highest BCUT2D eigenvalue weighted by atomic mass is 16.7.